The number of hydrogen-bond donors (Lipinski definition) is 3. The molecule has 1 heterocycles. The van der Waals surface area contributed by atoms with E-state index in [-0.39, 0.29) is 18.9 Å². The molecule has 1 rings (SSSR count). The summed E-state index contributed by atoms with van der Waals surface area (Å²) in [5, 5.41) is 25.5. The predicted molar refractivity (Wildman–Crippen MR) is 76.6 cm³/mol. The lowest BCUT2D eigenvalue weighted by atomic mass is 10.1. The van der Waals surface area contributed by atoms with Gasteiger partial charge in [0, 0.05) is 13.0 Å². The largest absolute Gasteiger partial charge is 0.480 e. The summed E-state index contributed by atoms with van der Waals surface area (Å²) in [7, 11) is 0. The molecule has 0 aliphatic carbocycles. The number of carboxylic acids is 1. The molecule has 0 aromatic carbocycles. The van der Waals surface area contributed by atoms with Crippen LogP contribution >= 0.6 is 11.3 Å². The Morgan fingerprint density at radius 3 is 2.90 bits per heavy atom. The molecule has 1 amide bonds. The number of anilines is 1. The number of carbonyl (C=O) groups is 2. The second kappa shape index (κ2) is 8.30. The van der Waals surface area contributed by atoms with Crippen molar-refractivity contribution < 1.29 is 14.7 Å². The number of nitrogens with one attached hydrogen (secondary N) is 2. The van der Waals surface area contributed by atoms with Gasteiger partial charge in [-0.15, -0.1) is 11.3 Å². The van der Waals surface area contributed by atoms with E-state index in [4.69, 9.17) is 10.4 Å². The number of thiophene rings is 1. The fourth-order valence-electron chi connectivity index (χ4n) is 1.64. The predicted octanol–water partition coefficient (Wildman–Crippen LogP) is 1.79. The third-order valence-electron chi connectivity index (χ3n) is 2.66. The molecule has 20 heavy (non-hydrogen) atoms. The molecule has 6 nitrogen and oxygen atoms in total. The van der Waals surface area contributed by atoms with E-state index in [1.54, 1.807) is 11.4 Å². The molecule has 1 aromatic rings. The molecule has 0 spiro atoms. The number of carboxylic acid groups (broad SMARTS) is 1. The molecule has 0 bridgehead atoms. The van der Waals surface area contributed by atoms with Crippen LogP contribution in [0.1, 0.15) is 31.7 Å². The third kappa shape index (κ3) is 4.99. The molecular formula is C13H17N3O3S. The van der Waals surface area contributed by atoms with Crippen molar-refractivity contribution in [3.05, 3.63) is 17.0 Å². The van der Waals surface area contributed by atoms with Crippen molar-refractivity contribution >= 4 is 28.2 Å². The van der Waals surface area contributed by atoms with Crippen LogP contribution in [0.15, 0.2) is 11.4 Å². The Kier molecular flexibility index (Phi) is 6.70. The van der Waals surface area contributed by atoms with Crippen LogP contribution in [0.25, 0.3) is 0 Å². The number of nitriles is 1. The average molecular weight is 295 g/mol. The van der Waals surface area contributed by atoms with Crippen molar-refractivity contribution in [2.75, 3.05) is 11.9 Å². The van der Waals surface area contributed by atoms with Gasteiger partial charge in [0.2, 0.25) is 5.91 Å². The number of amides is 1. The van der Waals surface area contributed by atoms with Gasteiger partial charge in [0.1, 0.15) is 17.1 Å². The molecule has 1 aromatic heterocycles. The van der Waals surface area contributed by atoms with E-state index in [2.05, 4.69) is 10.6 Å². The van der Waals surface area contributed by atoms with Crippen LogP contribution in [0.2, 0.25) is 0 Å². The van der Waals surface area contributed by atoms with Crippen LogP contribution in [-0.4, -0.2) is 29.6 Å². The molecule has 7 heteroatoms. The second-order valence-electron chi connectivity index (χ2n) is 4.21. The van der Waals surface area contributed by atoms with Crippen LogP contribution < -0.4 is 10.6 Å². The van der Waals surface area contributed by atoms with Crippen molar-refractivity contribution in [1.82, 2.24) is 5.32 Å². The Labute approximate surface area is 121 Å². The fourth-order valence-corrected chi connectivity index (χ4v) is 2.40. The number of aliphatic carboxylic acids is 1. The van der Waals surface area contributed by atoms with Gasteiger partial charge in [0.25, 0.3) is 0 Å². The maximum absolute atomic E-state index is 11.7. The summed E-state index contributed by atoms with van der Waals surface area (Å²) in [6.45, 7) is 2.20. The van der Waals surface area contributed by atoms with Gasteiger partial charge in [-0.05, 0) is 17.9 Å². The van der Waals surface area contributed by atoms with Crippen LogP contribution in [-0.2, 0) is 9.59 Å². The monoisotopic (exact) mass is 295 g/mol. The van der Waals surface area contributed by atoms with Crippen molar-refractivity contribution in [2.24, 2.45) is 0 Å². The van der Waals surface area contributed by atoms with E-state index in [0.29, 0.717) is 17.0 Å². The standard InChI is InChI=1S/C13H17N3O3S/c1-2-3-10(13(18)19)15-6-4-11(17)16-12-9(8-14)5-7-20-12/h5,7,10,15H,2-4,6H2,1H3,(H,16,17)(H,18,19). The van der Waals surface area contributed by atoms with Crippen molar-refractivity contribution in [2.45, 2.75) is 32.2 Å². The minimum atomic E-state index is -0.905. The van der Waals surface area contributed by atoms with Crippen LogP contribution in [0.5, 0.6) is 0 Å². The highest BCUT2D eigenvalue weighted by atomic mass is 32.1. The molecule has 0 radical (unpaired) electrons. The first-order chi connectivity index (χ1) is 9.58. The second-order valence-corrected chi connectivity index (χ2v) is 5.12. The fraction of sp³-hybridized carbons (Fsp3) is 0.462. The quantitative estimate of drug-likeness (QED) is 0.678. The first kappa shape index (κ1) is 16.1. The number of rotatable bonds is 8. The Bertz CT molecular complexity index is 507. The summed E-state index contributed by atoms with van der Waals surface area (Å²) in [4.78, 5) is 22.6. The number of carbonyl (C=O) groups excluding carboxylic acids is 1. The van der Waals surface area contributed by atoms with Gasteiger partial charge in [0.05, 0.1) is 5.56 Å². The zero-order valence-corrected chi connectivity index (χ0v) is 12.0. The average Bonchev–Trinajstić information content (AvgIpc) is 2.84. The maximum atomic E-state index is 11.7. The zero-order chi connectivity index (χ0) is 15.0. The Morgan fingerprint density at radius 2 is 2.30 bits per heavy atom. The van der Waals surface area contributed by atoms with E-state index in [0.717, 1.165) is 6.42 Å². The Morgan fingerprint density at radius 1 is 1.55 bits per heavy atom. The van der Waals surface area contributed by atoms with E-state index >= 15 is 0 Å². The highest BCUT2D eigenvalue weighted by molar-refractivity contribution is 7.14. The van der Waals surface area contributed by atoms with Crippen LogP contribution in [0.4, 0.5) is 5.00 Å². The minimum absolute atomic E-state index is 0.163. The molecule has 0 saturated carbocycles. The summed E-state index contributed by atoms with van der Waals surface area (Å²) in [5.74, 6) is -1.14. The Hall–Kier alpha value is -1.91. The van der Waals surface area contributed by atoms with Crippen LogP contribution in [0.3, 0.4) is 0 Å². The first-order valence-electron chi connectivity index (χ1n) is 6.32. The normalized spacial score (nSPS) is 11.6. The molecule has 0 aliphatic rings. The van der Waals surface area contributed by atoms with Gasteiger partial charge in [-0.3, -0.25) is 9.59 Å². The molecule has 108 valence electrons. The molecule has 3 N–H and O–H groups in total. The van der Waals surface area contributed by atoms with E-state index < -0.39 is 12.0 Å². The van der Waals surface area contributed by atoms with Gasteiger partial charge in [-0.1, -0.05) is 13.3 Å². The highest BCUT2D eigenvalue weighted by Crippen LogP contribution is 2.22. The van der Waals surface area contributed by atoms with Gasteiger partial charge >= 0.3 is 5.97 Å². The number of hydrogen-bond acceptors (Lipinski definition) is 5. The van der Waals surface area contributed by atoms with Crippen molar-refractivity contribution in [3.63, 3.8) is 0 Å². The lowest BCUT2D eigenvalue weighted by molar-refractivity contribution is -0.139. The summed E-state index contributed by atoms with van der Waals surface area (Å²) in [6.07, 6.45) is 1.45. The lowest BCUT2D eigenvalue weighted by Gasteiger charge is -2.13. The maximum Gasteiger partial charge on any atom is 0.320 e. The van der Waals surface area contributed by atoms with Crippen LogP contribution in [0, 0.1) is 11.3 Å². The van der Waals surface area contributed by atoms with Gasteiger partial charge in [-0.25, -0.2) is 0 Å². The smallest absolute Gasteiger partial charge is 0.320 e. The summed E-state index contributed by atoms with van der Waals surface area (Å²) < 4.78 is 0. The molecule has 1 atom stereocenters. The highest BCUT2D eigenvalue weighted by Gasteiger charge is 2.15. The molecular weight excluding hydrogens is 278 g/mol. The van der Waals surface area contributed by atoms with Gasteiger partial charge < -0.3 is 15.7 Å². The van der Waals surface area contributed by atoms with Gasteiger partial charge in [0.15, 0.2) is 0 Å². The van der Waals surface area contributed by atoms with E-state index in [9.17, 15) is 9.59 Å². The summed E-state index contributed by atoms with van der Waals surface area (Å²) >= 11 is 1.29. The number of nitrogens with zero attached hydrogens (tertiary/aromatic N) is 1. The molecule has 0 aliphatic heterocycles. The van der Waals surface area contributed by atoms with Crippen molar-refractivity contribution in [3.8, 4) is 6.07 Å². The topological polar surface area (TPSA) is 102 Å². The first-order valence-corrected chi connectivity index (χ1v) is 7.20. The van der Waals surface area contributed by atoms with Gasteiger partial charge in [-0.2, -0.15) is 5.26 Å². The van der Waals surface area contributed by atoms with Crippen molar-refractivity contribution in [1.29, 1.82) is 5.26 Å². The third-order valence-corrected chi connectivity index (χ3v) is 3.49. The zero-order valence-electron chi connectivity index (χ0n) is 11.2. The molecule has 1 unspecified atom stereocenters. The Balaban J connectivity index is 2.37. The van der Waals surface area contributed by atoms with E-state index in [1.807, 2.05) is 13.0 Å². The summed E-state index contributed by atoms with van der Waals surface area (Å²) in [5.41, 5.74) is 0.436. The minimum Gasteiger partial charge on any atom is -0.480 e. The molecule has 0 saturated heterocycles. The molecule has 0 fully saturated rings. The summed E-state index contributed by atoms with van der Waals surface area (Å²) in [6, 6.07) is 3.01. The SMILES string of the molecule is CCCC(NCCC(=O)Nc1sccc1C#N)C(=O)O. The lowest BCUT2D eigenvalue weighted by Crippen LogP contribution is -2.38. The van der Waals surface area contributed by atoms with E-state index in [1.165, 1.54) is 11.3 Å².